The summed E-state index contributed by atoms with van der Waals surface area (Å²) in [7, 11) is 0. The van der Waals surface area contributed by atoms with Gasteiger partial charge in [0.1, 0.15) is 28.8 Å². The molecule has 2 aliphatic carbocycles. The van der Waals surface area contributed by atoms with Crippen LogP contribution in [0.3, 0.4) is 0 Å². The first kappa shape index (κ1) is 21.9. The average Bonchev–Trinajstić information content (AvgIpc) is 2.75. The second kappa shape index (κ2) is 7.31. The fourth-order valence-electron chi connectivity index (χ4n) is 6.76. The molecule has 4 atom stereocenters. The zero-order valence-electron chi connectivity index (χ0n) is 19.9. The molecule has 2 aromatic rings. The molecule has 0 amide bonds. The molecule has 5 rings (SSSR count). The van der Waals surface area contributed by atoms with Crippen molar-refractivity contribution >= 4 is 12.0 Å². The Hall–Kier alpha value is -2.89. The van der Waals surface area contributed by atoms with Gasteiger partial charge in [0.05, 0.1) is 0 Å². The van der Waals surface area contributed by atoms with E-state index in [2.05, 4.69) is 32.7 Å². The van der Waals surface area contributed by atoms with E-state index in [4.69, 9.17) is 13.9 Å². The first-order valence-electron chi connectivity index (χ1n) is 11.7. The molecule has 3 heterocycles. The quantitative estimate of drug-likeness (QED) is 0.571. The molecular formula is C27H31NO5. The maximum absolute atomic E-state index is 13.0. The average molecular weight is 450 g/mol. The van der Waals surface area contributed by atoms with Gasteiger partial charge in [0, 0.05) is 36.4 Å². The molecular weight excluding hydrogens is 418 g/mol. The minimum absolute atomic E-state index is 0.109. The molecule has 0 spiro atoms. The SMILES string of the molecule is CC(=O)O[C@H]1CC[C@]2(C)C3=Cc4c(cc(-c5cccnc5)oc4=O)O[C@]3(C)CC[C@H]2C1(C)C. The molecule has 6 heteroatoms. The molecule has 0 unspecified atom stereocenters. The lowest BCUT2D eigenvalue weighted by Gasteiger charge is -2.61. The van der Waals surface area contributed by atoms with E-state index >= 15 is 0 Å². The van der Waals surface area contributed by atoms with E-state index in [-0.39, 0.29) is 22.9 Å². The highest BCUT2D eigenvalue weighted by Crippen LogP contribution is 2.64. The summed E-state index contributed by atoms with van der Waals surface area (Å²) in [5, 5.41) is 0. The first-order valence-corrected chi connectivity index (χ1v) is 11.7. The van der Waals surface area contributed by atoms with Crippen LogP contribution in [0.15, 0.2) is 45.4 Å². The van der Waals surface area contributed by atoms with Gasteiger partial charge in [0.25, 0.3) is 0 Å². The first-order chi connectivity index (χ1) is 15.5. The molecule has 3 aliphatic rings. The number of nitrogens with zero attached hydrogens (tertiary/aromatic N) is 1. The monoisotopic (exact) mass is 449 g/mol. The van der Waals surface area contributed by atoms with Crippen LogP contribution in [-0.4, -0.2) is 22.7 Å². The van der Waals surface area contributed by atoms with E-state index < -0.39 is 11.2 Å². The highest BCUT2D eigenvalue weighted by Gasteiger charge is 2.60. The Bertz CT molecular complexity index is 1200. The van der Waals surface area contributed by atoms with Crippen LogP contribution in [0.1, 0.15) is 65.9 Å². The van der Waals surface area contributed by atoms with E-state index in [1.807, 2.05) is 24.3 Å². The maximum atomic E-state index is 13.0. The predicted octanol–water partition coefficient (Wildman–Crippen LogP) is 5.40. The Kier molecular flexibility index (Phi) is 4.86. The van der Waals surface area contributed by atoms with Crippen molar-refractivity contribution in [3.8, 4) is 17.1 Å². The van der Waals surface area contributed by atoms with Crippen LogP contribution in [0.5, 0.6) is 5.75 Å². The Labute approximate surface area is 194 Å². The third kappa shape index (κ3) is 3.33. The molecule has 33 heavy (non-hydrogen) atoms. The van der Waals surface area contributed by atoms with Crippen molar-refractivity contribution in [1.29, 1.82) is 0 Å². The van der Waals surface area contributed by atoms with Crippen molar-refractivity contribution in [3.05, 3.63) is 52.1 Å². The smallest absolute Gasteiger partial charge is 0.347 e. The van der Waals surface area contributed by atoms with Crippen molar-refractivity contribution in [2.24, 2.45) is 16.7 Å². The van der Waals surface area contributed by atoms with Gasteiger partial charge in [-0.25, -0.2) is 4.79 Å². The molecule has 0 radical (unpaired) electrons. The molecule has 0 N–H and O–H groups in total. The van der Waals surface area contributed by atoms with E-state index in [1.165, 1.54) is 6.92 Å². The lowest BCUT2D eigenvalue weighted by atomic mass is 9.46. The number of fused-ring (bicyclic) bond motifs is 4. The molecule has 0 saturated heterocycles. The van der Waals surface area contributed by atoms with Gasteiger partial charge in [0.2, 0.25) is 0 Å². The van der Waals surface area contributed by atoms with Gasteiger partial charge in [-0.1, -0.05) is 20.8 Å². The van der Waals surface area contributed by atoms with Crippen LogP contribution < -0.4 is 10.4 Å². The van der Waals surface area contributed by atoms with Crippen LogP contribution >= 0.6 is 0 Å². The molecule has 2 saturated carbocycles. The third-order valence-electron chi connectivity index (χ3n) is 8.35. The summed E-state index contributed by atoms with van der Waals surface area (Å²) in [5.41, 5.74) is 1.10. The minimum atomic E-state index is -0.497. The zero-order chi connectivity index (χ0) is 23.6. The number of ether oxygens (including phenoxy) is 2. The number of hydrogen-bond donors (Lipinski definition) is 0. The molecule has 0 aromatic carbocycles. The molecule has 6 nitrogen and oxygen atoms in total. The van der Waals surface area contributed by atoms with Crippen LogP contribution in [0.4, 0.5) is 0 Å². The summed E-state index contributed by atoms with van der Waals surface area (Å²) in [6, 6.07) is 5.48. The van der Waals surface area contributed by atoms with Gasteiger partial charge in [-0.05, 0) is 67.7 Å². The second-order valence-electron chi connectivity index (χ2n) is 10.8. The second-order valence-corrected chi connectivity index (χ2v) is 10.8. The minimum Gasteiger partial charge on any atom is -0.482 e. The van der Waals surface area contributed by atoms with Crippen molar-refractivity contribution in [2.75, 3.05) is 0 Å². The Balaban J connectivity index is 1.59. The van der Waals surface area contributed by atoms with E-state index in [9.17, 15) is 9.59 Å². The normalized spacial score (nSPS) is 31.8. The molecule has 2 aromatic heterocycles. The van der Waals surface area contributed by atoms with Gasteiger partial charge in [0.15, 0.2) is 0 Å². The van der Waals surface area contributed by atoms with Gasteiger partial charge in [-0.15, -0.1) is 0 Å². The summed E-state index contributed by atoms with van der Waals surface area (Å²) >= 11 is 0. The Morgan fingerprint density at radius 1 is 1.18 bits per heavy atom. The Morgan fingerprint density at radius 3 is 2.67 bits per heavy atom. The van der Waals surface area contributed by atoms with Crippen LogP contribution in [-0.2, 0) is 9.53 Å². The number of carbonyl (C=O) groups is 1. The van der Waals surface area contributed by atoms with Gasteiger partial charge >= 0.3 is 11.6 Å². The summed E-state index contributed by atoms with van der Waals surface area (Å²) in [6.07, 6.45) is 8.72. The largest absolute Gasteiger partial charge is 0.482 e. The number of aromatic nitrogens is 1. The fourth-order valence-corrected chi connectivity index (χ4v) is 6.76. The van der Waals surface area contributed by atoms with Gasteiger partial charge < -0.3 is 13.9 Å². The number of esters is 1. The van der Waals surface area contributed by atoms with Crippen molar-refractivity contribution in [3.63, 3.8) is 0 Å². The number of pyridine rings is 1. The number of rotatable bonds is 2. The van der Waals surface area contributed by atoms with Crippen LogP contribution in [0.25, 0.3) is 17.4 Å². The standard InChI is InChI=1S/C27H31NO5/c1-16(29)31-23-9-10-26(4)21(25(23,2)3)8-11-27(5)22(26)13-18-20(33-27)14-19(32-24(18)30)17-7-6-12-28-15-17/h6-7,12-15,21,23H,8-11H2,1-5H3/t21-,23-,26-,27+/m0/s1. The van der Waals surface area contributed by atoms with Gasteiger partial charge in [-0.2, -0.15) is 0 Å². The van der Waals surface area contributed by atoms with Crippen molar-refractivity contribution in [1.82, 2.24) is 4.98 Å². The van der Waals surface area contributed by atoms with Crippen LogP contribution in [0.2, 0.25) is 0 Å². The lowest BCUT2D eigenvalue weighted by molar-refractivity contribution is -0.170. The highest BCUT2D eigenvalue weighted by atomic mass is 16.5. The molecule has 0 bridgehead atoms. The summed E-state index contributed by atoms with van der Waals surface area (Å²) < 4.78 is 18.0. The summed E-state index contributed by atoms with van der Waals surface area (Å²) in [5.74, 6) is 1.09. The van der Waals surface area contributed by atoms with Crippen molar-refractivity contribution in [2.45, 2.75) is 72.0 Å². The summed E-state index contributed by atoms with van der Waals surface area (Å²) in [4.78, 5) is 28.9. The van der Waals surface area contributed by atoms with Crippen molar-refractivity contribution < 1.29 is 18.7 Å². The lowest BCUT2D eigenvalue weighted by Crippen LogP contribution is -2.59. The fraction of sp³-hybridized carbons (Fsp3) is 0.519. The van der Waals surface area contributed by atoms with E-state index in [0.717, 1.165) is 36.8 Å². The zero-order valence-corrected chi connectivity index (χ0v) is 19.9. The number of carbonyl (C=O) groups excluding carboxylic acids is 1. The number of hydrogen-bond acceptors (Lipinski definition) is 6. The van der Waals surface area contributed by atoms with Gasteiger partial charge in [-0.3, -0.25) is 9.78 Å². The maximum Gasteiger partial charge on any atom is 0.347 e. The Morgan fingerprint density at radius 2 is 1.97 bits per heavy atom. The third-order valence-corrected chi connectivity index (χ3v) is 8.35. The summed E-state index contributed by atoms with van der Waals surface area (Å²) in [6.45, 7) is 10.3. The van der Waals surface area contributed by atoms with E-state index in [1.54, 1.807) is 12.4 Å². The van der Waals surface area contributed by atoms with Crippen LogP contribution in [0, 0.1) is 16.7 Å². The molecule has 174 valence electrons. The molecule has 1 aliphatic heterocycles. The topological polar surface area (TPSA) is 78.6 Å². The predicted molar refractivity (Wildman–Crippen MR) is 125 cm³/mol. The molecule has 2 fully saturated rings. The highest BCUT2D eigenvalue weighted by molar-refractivity contribution is 5.69. The van der Waals surface area contributed by atoms with E-state index in [0.29, 0.717) is 23.0 Å².